The first-order valence-electron chi connectivity index (χ1n) is 15.2. The van der Waals surface area contributed by atoms with E-state index in [1.54, 1.807) is 17.0 Å². The van der Waals surface area contributed by atoms with E-state index in [-0.39, 0.29) is 29.6 Å². The van der Waals surface area contributed by atoms with Gasteiger partial charge >= 0.3 is 6.18 Å². The molecule has 4 aromatic rings. The van der Waals surface area contributed by atoms with Crippen LogP contribution in [0.25, 0.3) is 5.69 Å². The van der Waals surface area contributed by atoms with Gasteiger partial charge in [-0.1, -0.05) is 60.7 Å². The summed E-state index contributed by atoms with van der Waals surface area (Å²) in [6.45, 7) is 4.72. The van der Waals surface area contributed by atoms with Crippen LogP contribution in [0.1, 0.15) is 35.4 Å². The third kappa shape index (κ3) is 6.48. The zero-order chi connectivity index (χ0) is 32.4. The summed E-state index contributed by atoms with van der Waals surface area (Å²) in [5.41, 5.74) is 3.18. The number of benzene rings is 3. The number of alkyl halides is 3. The summed E-state index contributed by atoms with van der Waals surface area (Å²) in [5.74, 6) is -0.972. The molecule has 6 rings (SSSR count). The van der Waals surface area contributed by atoms with Gasteiger partial charge in [-0.05, 0) is 46.7 Å². The highest BCUT2D eigenvalue weighted by atomic mass is 19.4. The number of aliphatic hydroxyl groups excluding tert-OH is 1. The number of aromatic nitrogens is 4. The number of aliphatic hydroxyl groups is 1. The maximum Gasteiger partial charge on any atom is 0.453 e. The fraction of sp³-hybridized carbons (Fsp3) is 0.394. The van der Waals surface area contributed by atoms with Gasteiger partial charge in [-0.2, -0.15) is 17.9 Å². The van der Waals surface area contributed by atoms with Crippen LogP contribution in [0.4, 0.5) is 13.2 Å². The third-order valence-corrected chi connectivity index (χ3v) is 8.87. The minimum Gasteiger partial charge on any atom is -0.496 e. The van der Waals surface area contributed by atoms with Gasteiger partial charge in [0.1, 0.15) is 11.9 Å². The van der Waals surface area contributed by atoms with Gasteiger partial charge in [0.2, 0.25) is 0 Å². The van der Waals surface area contributed by atoms with E-state index < -0.39 is 18.1 Å². The predicted molar refractivity (Wildman–Crippen MR) is 163 cm³/mol. The maximum atomic E-state index is 13.6. The van der Waals surface area contributed by atoms with Crippen LogP contribution in [0.2, 0.25) is 0 Å². The smallest absolute Gasteiger partial charge is 0.453 e. The second-order valence-corrected chi connectivity index (χ2v) is 11.8. The monoisotopic (exact) mass is 635 g/mol. The number of fused-ring (bicyclic) bond motifs is 1. The topological polar surface area (TPSA) is 99.8 Å². The van der Waals surface area contributed by atoms with E-state index in [9.17, 15) is 23.1 Å². The van der Waals surface area contributed by atoms with Crippen LogP contribution < -0.4 is 4.74 Å². The molecule has 2 fully saturated rings. The van der Waals surface area contributed by atoms with Crippen molar-refractivity contribution in [1.29, 1.82) is 0 Å². The number of amides is 1. The normalized spacial score (nSPS) is 20.0. The fourth-order valence-corrected chi connectivity index (χ4v) is 6.86. The molecule has 3 heterocycles. The Morgan fingerprint density at radius 1 is 0.978 bits per heavy atom. The molecule has 1 aromatic heterocycles. The fourth-order valence-electron chi connectivity index (χ4n) is 6.86. The van der Waals surface area contributed by atoms with E-state index in [1.165, 1.54) is 31.2 Å². The first-order chi connectivity index (χ1) is 22.1. The van der Waals surface area contributed by atoms with Crippen molar-refractivity contribution in [2.45, 2.75) is 43.8 Å². The highest BCUT2D eigenvalue weighted by Crippen LogP contribution is 2.37. The number of tetrazole rings is 1. The Hall–Kier alpha value is -4.33. The Morgan fingerprint density at radius 3 is 2.26 bits per heavy atom. The van der Waals surface area contributed by atoms with Gasteiger partial charge in [-0.3, -0.25) is 14.6 Å². The van der Waals surface area contributed by atoms with Crippen LogP contribution >= 0.6 is 0 Å². The number of carbonyl (C=O) groups is 1. The van der Waals surface area contributed by atoms with E-state index >= 15 is 0 Å². The maximum absolute atomic E-state index is 13.6. The number of halogens is 3. The summed E-state index contributed by atoms with van der Waals surface area (Å²) in [4.78, 5) is 19.3. The van der Waals surface area contributed by atoms with E-state index in [0.29, 0.717) is 55.3 Å². The lowest BCUT2D eigenvalue weighted by Crippen LogP contribution is -2.67. The standard InChI is InChI=1S/C33H36F3N7O3/c1-22(44)31(45)41-15-16-42-27(20-41)19-40(21-28(42)30(23-9-5-3-6-10-23)24-11-7-4-8-12-24)18-25-17-26(13-14-29(25)46-2)43-32(33(34,35)36)37-38-39-43/h3-14,17,22,27-28,30,44H,15-16,18-21H2,1-2H3/t22-,27+,28-/m0/s1. The summed E-state index contributed by atoms with van der Waals surface area (Å²) < 4.78 is 47.2. The molecule has 0 unspecified atom stereocenters. The van der Waals surface area contributed by atoms with Crippen molar-refractivity contribution < 1.29 is 27.8 Å². The number of carbonyl (C=O) groups excluding carboxylic acids is 1. The molecule has 3 aromatic carbocycles. The molecule has 2 aliphatic heterocycles. The Morgan fingerprint density at radius 2 is 1.65 bits per heavy atom. The summed E-state index contributed by atoms with van der Waals surface area (Å²) in [6, 6.07) is 25.4. The molecule has 10 nitrogen and oxygen atoms in total. The summed E-state index contributed by atoms with van der Waals surface area (Å²) in [6.07, 6.45) is -5.82. The Labute approximate surface area is 265 Å². The minimum atomic E-state index is -4.73. The van der Waals surface area contributed by atoms with Gasteiger partial charge in [0.05, 0.1) is 12.8 Å². The number of nitrogens with zero attached hydrogens (tertiary/aromatic N) is 7. The molecule has 2 saturated heterocycles. The van der Waals surface area contributed by atoms with Crippen molar-refractivity contribution in [1.82, 2.24) is 34.9 Å². The lowest BCUT2D eigenvalue weighted by molar-refractivity contribution is -0.146. The molecule has 0 radical (unpaired) electrons. The van der Waals surface area contributed by atoms with E-state index in [0.717, 1.165) is 0 Å². The second-order valence-electron chi connectivity index (χ2n) is 11.8. The molecule has 13 heteroatoms. The zero-order valence-corrected chi connectivity index (χ0v) is 25.6. The largest absolute Gasteiger partial charge is 0.496 e. The molecule has 46 heavy (non-hydrogen) atoms. The van der Waals surface area contributed by atoms with E-state index in [2.05, 4.69) is 49.6 Å². The summed E-state index contributed by atoms with van der Waals surface area (Å²) in [5, 5.41) is 20.1. The molecule has 0 aliphatic carbocycles. The lowest BCUT2D eigenvalue weighted by Gasteiger charge is -2.53. The third-order valence-electron chi connectivity index (χ3n) is 8.87. The molecule has 0 bridgehead atoms. The number of piperazine rings is 2. The Balaban J connectivity index is 1.37. The SMILES string of the molecule is COc1ccc(-n2nnnc2C(F)(F)F)cc1CN1C[C@@H]2CN(C(=O)[C@H](C)O)CCN2[C@H](C(c2ccccc2)c2ccccc2)C1. The highest BCUT2D eigenvalue weighted by molar-refractivity contribution is 5.80. The lowest BCUT2D eigenvalue weighted by atomic mass is 9.81. The minimum absolute atomic E-state index is 0.00973. The predicted octanol–water partition coefficient (Wildman–Crippen LogP) is 3.60. The van der Waals surface area contributed by atoms with Crippen LogP contribution in [0.5, 0.6) is 5.75 Å². The molecular weight excluding hydrogens is 599 g/mol. The number of hydrogen-bond acceptors (Lipinski definition) is 8. The highest BCUT2D eigenvalue weighted by Gasteiger charge is 2.43. The summed E-state index contributed by atoms with van der Waals surface area (Å²) in [7, 11) is 1.53. The van der Waals surface area contributed by atoms with Crippen molar-refractivity contribution in [3.63, 3.8) is 0 Å². The van der Waals surface area contributed by atoms with E-state index in [4.69, 9.17) is 4.74 Å². The Bertz CT molecular complexity index is 1590. The van der Waals surface area contributed by atoms with Crippen molar-refractivity contribution >= 4 is 5.91 Å². The molecule has 242 valence electrons. The van der Waals surface area contributed by atoms with Crippen molar-refractivity contribution in [2.24, 2.45) is 0 Å². The molecule has 2 aliphatic rings. The second kappa shape index (κ2) is 13.2. The Kier molecular flexibility index (Phi) is 9.07. The molecule has 1 amide bonds. The number of hydrogen-bond donors (Lipinski definition) is 1. The van der Waals surface area contributed by atoms with Crippen molar-refractivity contribution in [2.75, 3.05) is 39.8 Å². The van der Waals surface area contributed by atoms with Crippen molar-refractivity contribution in [3.8, 4) is 11.4 Å². The van der Waals surface area contributed by atoms with Crippen LogP contribution in [-0.4, -0.2) is 104 Å². The zero-order valence-electron chi connectivity index (χ0n) is 25.6. The van der Waals surface area contributed by atoms with Gasteiger partial charge < -0.3 is 14.7 Å². The summed E-state index contributed by atoms with van der Waals surface area (Å²) >= 11 is 0. The number of rotatable bonds is 8. The molecule has 0 saturated carbocycles. The van der Waals surface area contributed by atoms with E-state index in [1.807, 2.05) is 36.4 Å². The number of ether oxygens (including phenoxy) is 1. The van der Waals surface area contributed by atoms with Crippen molar-refractivity contribution in [3.05, 3.63) is 101 Å². The quantitative estimate of drug-likeness (QED) is 0.314. The molecule has 0 spiro atoms. The molecule has 1 N–H and O–H groups in total. The first kappa shape index (κ1) is 31.6. The number of methoxy groups -OCH3 is 1. The van der Waals surface area contributed by atoms with Crippen LogP contribution in [-0.2, 0) is 17.5 Å². The van der Waals surface area contributed by atoms with Crippen LogP contribution in [0, 0.1) is 0 Å². The van der Waals surface area contributed by atoms with Gasteiger partial charge in [0.15, 0.2) is 0 Å². The average Bonchev–Trinajstić information content (AvgIpc) is 3.57. The van der Waals surface area contributed by atoms with Gasteiger partial charge in [-0.25, -0.2) is 0 Å². The average molecular weight is 636 g/mol. The van der Waals surface area contributed by atoms with Gasteiger partial charge in [-0.15, -0.1) is 5.10 Å². The molecule has 3 atom stereocenters. The van der Waals surface area contributed by atoms with Crippen LogP contribution in [0.15, 0.2) is 78.9 Å². The van der Waals surface area contributed by atoms with Gasteiger partial charge in [0.25, 0.3) is 11.7 Å². The first-order valence-corrected chi connectivity index (χ1v) is 15.2. The van der Waals surface area contributed by atoms with Gasteiger partial charge in [0, 0.05) is 62.8 Å². The van der Waals surface area contributed by atoms with Crippen LogP contribution in [0.3, 0.4) is 0 Å². The molecular formula is C33H36F3N7O3.